The number of benzene rings is 2. The van der Waals surface area contributed by atoms with Crippen molar-refractivity contribution in [1.29, 1.82) is 0 Å². The number of carbonyl (C=O) groups is 1. The minimum absolute atomic E-state index is 0.0445. The third-order valence-corrected chi connectivity index (χ3v) is 3.51. The van der Waals surface area contributed by atoms with Crippen LogP contribution in [0.3, 0.4) is 0 Å². The van der Waals surface area contributed by atoms with Crippen LogP contribution in [0.4, 0.5) is 5.69 Å². The van der Waals surface area contributed by atoms with E-state index in [9.17, 15) is 9.90 Å². The van der Waals surface area contributed by atoms with Crippen molar-refractivity contribution in [3.8, 4) is 5.75 Å². The van der Waals surface area contributed by atoms with Crippen LogP contribution in [0.2, 0.25) is 0 Å². The molecule has 104 valence electrons. The summed E-state index contributed by atoms with van der Waals surface area (Å²) < 4.78 is 0.730. The third-order valence-electron chi connectivity index (χ3n) is 3.02. The van der Waals surface area contributed by atoms with Gasteiger partial charge in [-0.1, -0.05) is 41.9 Å². The van der Waals surface area contributed by atoms with Gasteiger partial charge in [-0.2, -0.15) is 0 Å². The number of anilines is 1. The number of carbonyl (C=O) groups excluding carboxylic acids is 1. The topological polar surface area (TPSA) is 49.3 Å². The third kappa shape index (κ3) is 3.39. The summed E-state index contributed by atoms with van der Waals surface area (Å²) in [7, 11) is 0. The minimum Gasteiger partial charge on any atom is -0.507 e. The number of amides is 1. The second-order valence-corrected chi connectivity index (χ2v) is 5.81. The lowest BCUT2D eigenvalue weighted by Gasteiger charge is -2.10. The molecular formula is C16H16BrNO2. The molecule has 0 spiro atoms. The fraction of sp³-hybridized carbons (Fsp3) is 0.188. The monoisotopic (exact) mass is 333 g/mol. The van der Waals surface area contributed by atoms with Gasteiger partial charge in [0, 0.05) is 10.2 Å². The highest BCUT2D eigenvalue weighted by molar-refractivity contribution is 9.10. The molecule has 20 heavy (non-hydrogen) atoms. The van der Waals surface area contributed by atoms with E-state index >= 15 is 0 Å². The number of rotatable bonds is 3. The molecule has 2 aromatic carbocycles. The van der Waals surface area contributed by atoms with Crippen LogP contribution in [0, 0.1) is 0 Å². The second-order valence-electron chi connectivity index (χ2n) is 4.90. The molecule has 2 N–H and O–H groups in total. The standard InChI is InChI=1S/C16H16BrNO2/c1-10(2)11-4-3-5-13(8-11)18-16(20)14-7-6-12(17)9-15(14)19/h3-10,19H,1-2H3,(H,18,20). The van der Waals surface area contributed by atoms with E-state index in [1.807, 2.05) is 24.3 Å². The molecule has 0 saturated heterocycles. The average Bonchev–Trinajstić information content (AvgIpc) is 2.38. The van der Waals surface area contributed by atoms with Crippen LogP contribution in [-0.2, 0) is 0 Å². The molecule has 0 aliphatic rings. The molecule has 1 amide bonds. The van der Waals surface area contributed by atoms with E-state index in [1.54, 1.807) is 12.1 Å². The minimum atomic E-state index is -0.323. The summed E-state index contributed by atoms with van der Waals surface area (Å²) in [6, 6.07) is 12.5. The number of nitrogens with one attached hydrogen (secondary N) is 1. The van der Waals surface area contributed by atoms with E-state index < -0.39 is 0 Å². The highest BCUT2D eigenvalue weighted by atomic mass is 79.9. The van der Waals surface area contributed by atoms with Gasteiger partial charge in [-0.15, -0.1) is 0 Å². The molecule has 4 heteroatoms. The number of hydrogen-bond acceptors (Lipinski definition) is 2. The van der Waals surface area contributed by atoms with Crippen molar-refractivity contribution in [2.75, 3.05) is 5.32 Å². The highest BCUT2D eigenvalue weighted by Gasteiger charge is 2.12. The molecule has 0 heterocycles. The first-order valence-electron chi connectivity index (χ1n) is 6.37. The van der Waals surface area contributed by atoms with Crippen LogP contribution in [0.25, 0.3) is 0 Å². The quantitative estimate of drug-likeness (QED) is 0.866. The van der Waals surface area contributed by atoms with Crippen molar-refractivity contribution in [3.63, 3.8) is 0 Å². The molecule has 0 unspecified atom stereocenters. The van der Waals surface area contributed by atoms with Crippen molar-refractivity contribution < 1.29 is 9.90 Å². The Morgan fingerprint density at radius 2 is 1.95 bits per heavy atom. The van der Waals surface area contributed by atoms with Crippen LogP contribution in [0.5, 0.6) is 5.75 Å². The molecule has 3 nitrogen and oxygen atoms in total. The number of phenolic OH excluding ortho intramolecular Hbond substituents is 1. The number of halogens is 1. The second kappa shape index (κ2) is 6.09. The summed E-state index contributed by atoms with van der Waals surface area (Å²) >= 11 is 3.25. The Labute approximate surface area is 126 Å². The highest BCUT2D eigenvalue weighted by Crippen LogP contribution is 2.24. The maximum atomic E-state index is 12.1. The molecule has 0 saturated carbocycles. The summed E-state index contributed by atoms with van der Waals surface area (Å²) in [6.45, 7) is 4.20. The van der Waals surface area contributed by atoms with Gasteiger partial charge >= 0.3 is 0 Å². The van der Waals surface area contributed by atoms with Gasteiger partial charge in [0.05, 0.1) is 5.56 Å². The molecular weight excluding hydrogens is 318 g/mol. The molecule has 0 radical (unpaired) electrons. The average molecular weight is 334 g/mol. The Kier molecular flexibility index (Phi) is 4.45. The smallest absolute Gasteiger partial charge is 0.259 e. The first-order valence-corrected chi connectivity index (χ1v) is 7.16. The molecule has 0 aromatic heterocycles. The zero-order valence-corrected chi connectivity index (χ0v) is 12.9. The van der Waals surface area contributed by atoms with Crippen LogP contribution < -0.4 is 5.32 Å². The van der Waals surface area contributed by atoms with E-state index in [-0.39, 0.29) is 17.2 Å². The number of hydrogen-bond donors (Lipinski definition) is 2. The van der Waals surface area contributed by atoms with Gasteiger partial charge in [-0.3, -0.25) is 4.79 Å². The lowest BCUT2D eigenvalue weighted by atomic mass is 10.0. The summed E-state index contributed by atoms with van der Waals surface area (Å²) in [4.78, 5) is 12.1. The van der Waals surface area contributed by atoms with E-state index in [2.05, 4.69) is 35.1 Å². The van der Waals surface area contributed by atoms with Gasteiger partial charge in [-0.25, -0.2) is 0 Å². The normalized spacial score (nSPS) is 10.6. The molecule has 0 bridgehead atoms. The van der Waals surface area contributed by atoms with E-state index in [0.717, 1.165) is 15.7 Å². The van der Waals surface area contributed by atoms with E-state index in [1.165, 1.54) is 6.07 Å². The zero-order valence-electron chi connectivity index (χ0n) is 11.4. The van der Waals surface area contributed by atoms with Gasteiger partial charge in [0.15, 0.2) is 0 Å². The van der Waals surface area contributed by atoms with Crippen LogP contribution >= 0.6 is 15.9 Å². The molecule has 0 aliphatic heterocycles. The maximum Gasteiger partial charge on any atom is 0.259 e. The Morgan fingerprint density at radius 3 is 2.60 bits per heavy atom. The SMILES string of the molecule is CC(C)c1cccc(NC(=O)c2ccc(Br)cc2O)c1. The van der Waals surface area contributed by atoms with Gasteiger partial charge in [0.1, 0.15) is 5.75 Å². The van der Waals surface area contributed by atoms with Crippen molar-refractivity contribution in [3.05, 3.63) is 58.1 Å². The fourth-order valence-electron chi connectivity index (χ4n) is 1.87. The van der Waals surface area contributed by atoms with Gasteiger partial charge in [0.25, 0.3) is 5.91 Å². The maximum absolute atomic E-state index is 12.1. The van der Waals surface area contributed by atoms with E-state index in [0.29, 0.717) is 5.92 Å². The molecule has 0 atom stereocenters. The lowest BCUT2D eigenvalue weighted by Crippen LogP contribution is -2.12. The summed E-state index contributed by atoms with van der Waals surface area (Å²) in [5, 5.41) is 12.6. The van der Waals surface area contributed by atoms with Gasteiger partial charge < -0.3 is 10.4 Å². The summed E-state index contributed by atoms with van der Waals surface area (Å²) in [5.74, 6) is 0.0285. The summed E-state index contributed by atoms with van der Waals surface area (Å²) in [6.07, 6.45) is 0. The first-order chi connectivity index (χ1) is 9.47. The van der Waals surface area contributed by atoms with Crippen molar-refractivity contribution in [2.45, 2.75) is 19.8 Å². The Balaban J connectivity index is 2.21. The molecule has 0 fully saturated rings. The lowest BCUT2D eigenvalue weighted by molar-refractivity contribution is 0.102. The van der Waals surface area contributed by atoms with Gasteiger partial charge in [-0.05, 0) is 41.8 Å². The molecule has 0 aliphatic carbocycles. The Hall–Kier alpha value is -1.81. The fourth-order valence-corrected chi connectivity index (χ4v) is 2.22. The predicted molar refractivity (Wildman–Crippen MR) is 84.3 cm³/mol. The van der Waals surface area contributed by atoms with Crippen LogP contribution in [-0.4, -0.2) is 11.0 Å². The number of phenols is 1. The van der Waals surface area contributed by atoms with Crippen LogP contribution in [0.15, 0.2) is 46.9 Å². The van der Waals surface area contributed by atoms with Gasteiger partial charge in [0.2, 0.25) is 0 Å². The largest absolute Gasteiger partial charge is 0.507 e. The summed E-state index contributed by atoms with van der Waals surface area (Å²) in [5.41, 5.74) is 2.13. The van der Waals surface area contributed by atoms with E-state index in [4.69, 9.17) is 0 Å². The molecule has 2 aromatic rings. The number of aromatic hydroxyl groups is 1. The Morgan fingerprint density at radius 1 is 1.20 bits per heavy atom. The molecule has 2 rings (SSSR count). The zero-order chi connectivity index (χ0) is 14.7. The van der Waals surface area contributed by atoms with Crippen molar-refractivity contribution >= 4 is 27.5 Å². The predicted octanol–water partition coefficient (Wildman–Crippen LogP) is 4.53. The first kappa shape index (κ1) is 14.6. The van der Waals surface area contributed by atoms with Crippen LogP contribution in [0.1, 0.15) is 35.7 Å². The van der Waals surface area contributed by atoms with Crippen molar-refractivity contribution in [1.82, 2.24) is 0 Å². The Bertz CT molecular complexity index is 638. The van der Waals surface area contributed by atoms with Crippen molar-refractivity contribution in [2.24, 2.45) is 0 Å².